The maximum absolute atomic E-state index is 13.3. The van der Waals surface area contributed by atoms with Crippen LogP contribution < -0.4 is 10.6 Å². The number of methoxy groups -OCH3 is 1. The molecule has 9 heteroatoms. The molecule has 8 nitrogen and oxygen atoms in total. The Morgan fingerprint density at radius 3 is 2.64 bits per heavy atom. The molecule has 3 aromatic heterocycles. The topological polar surface area (TPSA) is 101 Å². The summed E-state index contributed by atoms with van der Waals surface area (Å²) in [7, 11) is 1.32. The molecule has 0 spiro atoms. The summed E-state index contributed by atoms with van der Waals surface area (Å²) in [5, 5.41) is 8.00. The number of anilines is 2. The van der Waals surface area contributed by atoms with Crippen LogP contribution in [0.3, 0.4) is 0 Å². The van der Waals surface area contributed by atoms with E-state index in [0.29, 0.717) is 36.1 Å². The number of carbonyl (C=O) groups excluding carboxylic acids is 2. The normalized spacial score (nSPS) is 12.0. The van der Waals surface area contributed by atoms with Crippen LogP contribution in [0.2, 0.25) is 0 Å². The van der Waals surface area contributed by atoms with Crippen LogP contribution in [0.25, 0.3) is 21.9 Å². The van der Waals surface area contributed by atoms with E-state index >= 15 is 0 Å². The first kappa shape index (κ1) is 26.0. The molecule has 5 rings (SSSR count). The Kier molecular flexibility index (Phi) is 7.31. The highest BCUT2D eigenvalue weighted by Crippen LogP contribution is 2.33. The second kappa shape index (κ2) is 11.0. The van der Waals surface area contributed by atoms with Gasteiger partial charge in [0.25, 0.3) is 0 Å². The molecule has 2 aromatic carbocycles. The first-order valence-electron chi connectivity index (χ1n) is 12.8. The van der Waals surface area contributed by atoms with E-state index in [-0.39, 0.29) is 23.5 Å². The molecule has 3 N–H and O–H groups in total. The van der Waals surface area contributed by atoms with Crippen molar-refractivity contribution in [3.63, 3.8) is 0 Å². The van der Waals surface area contributed by atoms with Gasteiger partial charge in [-0.25, -0.2) is 14.2 Å². The number of ether oxygens (including phenoxy) is 1. The Bertz CT molecular complexity index is 1660. The third-order valence-corrected chi connectivity index (χ3v) is 6.73. The summed E-state index contributed by atoms with van der Waals surface area (Å²) in [5.74, 6) is -1.14. The van der Waals surface area contributed by atoms with E-state index in [0.717, 1.165) is 27.7 Å². The van der Waals surface area contributed by atoms with Gasteiger partial charge in [-0.2, -0.15) is 0 Å². The molecule has 0 aliphatic rings. The Balaban J connectivity index is 1.50. The molecule has 1 unspecified atom stereocenters. The third-order valence-electron chi connectivity index (χ3n) is 6.73. The number of aromatic nitrogens is 3. The van der Waals surface area contributed by atoms with Crippen LogP contribution in [0, 0.1) is 5.82 Å². The lowest BCUT2D eigenvalue weighted by atomic mass is 10.1. The average molecular weight is 528 g/mol. The lowest BCUT2D eigenvalue weighted by Gasteiger charge is -2.15. The molecule has 0 saturated heterocycles. The highest BCUT2D eigenvalue weighted by Gasteiger charge is 2.26. The number of H-pyrrole nitrogens is 1. The minimum Gasteiger partial charge on any atom is -0.464 e. The van der Waals surface area contributed by atoms with E-state index in [9.17, 15) is 14.0 Å². The van der Waals surface area contributed by atoms with Gasteiger partial charge < -0.3 is 24.9 Å². The predicted molar refractivity (Wildman–Crippen MR) is 151 cm³/mol. The number of aryl methyl sites for hydroxylation is 2. The molecular weight excluding hydrogens is 497 g/mol. The zero-order valence-electron chi connectivity index (χ0n) is 22.0. The van der Waals surface area contributed by atoms with Gasteiger partial charge in [0, 0.05) is 42.0 Å². The standard InChI is InChI=1S/C30H30FN5O3/c1-18(14-20-8-10-22(31)11-9-20)34-23-15-25-27(35-19(2)37)28(30(38)39-3)36(29(25)33-17-23)13-12-21-16-32-26-7-5-4-6-24(21)26/h4-11,15-18,32,34H,12-14H2,1-3H3,(H,35,37). The van der Waals surface area contributed by atoms with Crippen molar-refractivity contribution in [3.05, 3.63) is 89.6 Å². The molecule has 39 heavy (non-hydrogen) atoms. The van der Waals surface area contributed by atoms with Crippen LogP contribution in [0.4, 0.5) is 15.8 Å². The van der Waals surface area contributed by atoms with Gasteiger partial charge in [0.15, 0.2) is 5.69 Å². The van der Waals surface area contributed by atoms with Gasteiger partial charge in [0.05, 0.1) is 24.7 Å². The number of nitrogens with one attached hydrogen (secondary N) is 3. The Morgan fingerprint density at radius 1 is 1.13 bits per heavy atom. The summed E-state index contributed by atoms with van der Waals surface area (Å²) in [4.78, 5) is 33.2. The summed E-state index contributed by atoms with van der Waals surface area (Å²) < 4.78 is 20.2. The molecule has 1 amide bonds. The van der Waals surface area contributed by atoms with E-state index in [1.165, 1.54) is 26.2 Å². The number of pyridine rings is 1. The van der Waals surface area contributed by atoms with Gasteiger partial charge in [-0.3, -0.25) is 4.79 Å². The molecule has 0 aliphatic carbocycles. The molecule has 200 valence electrons. The lowest BCUT2D eigenvalue weighted by Crippen LogP contribution is -2.18. The van der Waals surface area contributed by atoms with Crippen LogP contribution in [0.5, 0.6) is 0 Å². The van der Waals surface area contributed by atoms with Crippen LogP contribution in [0.15, 0.2) is 67.0 Å². The predicted octanol–water partition coefficient (Wildman–Crippen LogP) is 5.69. The lowest BCUT2D eigenvalue weighted by molar-refractivity contribution is -0.114. The number of carbonyl (C=O) groups is 2. The van der Waals surface area contributed by atoms with Crippen molar-refractivity contribution in [1.82, 2.24) is 14.5 Å². The summed E-state index contributed by atoms with van der Waals surface area (Å²) in [6, 6.07) is 16.4. The Labute approximate surface area is 225 Å². The van der Waals surface area contributed by atoms with Gasteiger partial charge in [-0.05, 0) is 55.2 Å². The fourth-order valence-electron chi connectivity index (χ4n) is 5.01. The fourth-order valence-corrected chi connectivity index (χ4v) is 5.01. The molecular formula is C30H30FN5O3. The highest BCUT2D eigenvalue weighted by atomic mass is 19.1. The van der Waals surface area contributed by atoms with E-state index in [2.05, 4.69) is 21.7 Å². The van der Waals surface area contributed by atoms with Gasteiger partial charge in [0.1, 0.15) is 11.5 Å². The van der Waals surface area contributed by atoms with Gasteiger partial charge in [-0.15, -0.1) is 0 Å². The van der Waals surface area contributed by atoms with Crippen LogP contribution in [-0.4, -0.2) is 39.6 Å². The van der Waals surface area contributed by atoms with Crippen molar-refractivity contribution in [2.75, 3.05) is 17.7 Å². The summed E-state index contributed by atoms with van der Waals surface area (Å²) in [6.45, 7) is 3.87. The van der Waals surface area contributed by atoms with Crippen molar-refractivity contribution >= 4 is 45.2 Å². The highest BCUT2D eigenvalue weighted by molar-refractivity contribution is 6.11. The van der Waals surface area contributed by atoms with Crippen molar-refractivity contribution in [2.45, 2.75) is 39.3 Å². The number of esters is 1. The smallest absolute Gasteiger partial charge is 0.356 e. The van der Waals surface area contributed by atoms with E-state index in [1.807, 2.05) is 37.4 Å². The zero-order chi connectivity index (χ0) is 27.5. The van der Waals surface area contributed by atoms with Crippen molar-refractivity contribution < 1.29 is 18.7 Å². The first-order chi connectivity index (χ1) is 18.8. The summed E-state index contributed by atoms with van der Waals surface area (Å²) >= 11 is 0. The maximum atomic E-state index is 13.3. The second-order valence-corrected chi connectivity index (χ2v) is 9.63. The molecule has 1 atom stereocenters. The monoisotopic (exact) mass is 527 g/mol. The number of rotatable bonds is 9. The van der Waals surface area contributed by atoms with E-state index in [4.69, 9.17) is 9.72 Å². The summed E-state index contributed by atoms with van der Waals surface area (Å²) in [5.41, 5.74) is 5.06. The number of hydrogen-bond acceptors (Lipinski definition) is 5. The van der Waals surface area contributed by atoms with Crippen molar-refractivity contribution in [2.24, 2.45) is 0 Å². The van der Waals surface area contributed by atoms with Gasteiger partial charge in [0.2, 0.25) is 5.91 Å². The first-order valence-corrected chi connectivity index (χ1v) is 12.8. The quantitative estimate of drug-likeness (QED) is 0.214. The number of hydrogen-bond donors (Lipinski definition) is 3. The van der Waals surface area contributed by atoms with Crippen LogP contribution in [-0.2, 0) is 28.9 Å². The number of benzene rings is 2. The van der Waals surface area contributed by atoms with E-state index in [1.54, 1.807) is 22.9 Å². The maximum Gasteiger partial charge on any atom is 0.356 e. The second-order valence-electron chi connectivity index (χ2n) is 9.63. The summed E-state index contributed by atoms with van der Waals surface area (Å²) in [6.07, 6.45) is 4.99. The zero-order valence-corrected chi connectivity index (χ0v) is 22.0. The van der Waals surface area contributed by atoms with E-state index < -0.39 is 5.97 Å². The number of amides is 1. The molecule has 3 heterocycles. The molecule has 0 radical (unpaired) electrons. The van der Waals surface area contributed by atoms with Crippen molar-refractivity contribution in [1.29, 1.82) is 0 Å². The molecule has 0 aliphatic heterocycles. The minimum atomic E-state index is -0.560. The molecule has 0 saturated carbocycles. The number of nitrogens with zero attached hydrogens (tertiary/aromatic N) is 2. The van der Waals surface area contributed by atoms with Crippen LogP contribution >= 0.6 is 0 Å². The van der Waals surface area contributed by atoms with Crippen molar-refractivity contribution in [3.8, 4) is 0 Å². The minimum absolute atomic E-state index is 0.0166. The third kappa shape index (κ3) is 5.47. The number of fused-ring (bicyclic) bond motifs is 2. The van der Waals surface area contributed by atoms with Gasteiger partial charge in [-0.1, -0.05) is 30.3 Å². The number of halogens is 1. The number of aromatic amines is 1. The van der Waals surface area contributed by atoms with Crippen LogP contribution in [0.1, 0.15) is 35.5 Å². The fraction of sp³-hybridized carbons (Fsp3) is 0.233. The van der Waals surface area contributed by atoms with Gasteiger partial charge >= 0.3 is 5.97 Å². The average Bonchev–Trinajstić information content (AvgIpc) is 3.46. The largest absolute Gasteiger partial charge is 0.464 e. The Morgan fingerprint density at radius 2 is 1.90 bits per heavy atom. The molecule has 5 aromatic rings. The number of para-hydroxylation sites is 1. The molecule has 0 bridgehead atoms. The molecule has 0 fully saturated rings. The Hall–Kier alpha value is -4.66. The SMILES string of the molecule is COC(=O)c1c(NC(C)=O)c2cc(NC(C)Cc3ccc(F)cc3)cnc2n1CCc1c[nH]c2ccccc12.